The van der Waals surface area contributed by atoms with Crippen molar-refractivity contribution in [3.05, 3.63) is 17.8 Å². The Balaban J connectivity index is 3.05. The van der Waals surface area contributed by atoms with Crippen LogP contribution in [0.15, 0.2) is 12.3 Å². The van der Waals surface area contributed by atoms with E-state index in [1.807, 2.05) is 5.32 Å². The summed E-state index contributed by atoms with van der Waals surface area (Å²) in [5.41, 5.74) is -2.37. The van der Waals surface area contributed by atoms with Crippen LogP contribution in [0.5, 0.6) is 5.88 Å². The zero-order valence-corrected chi connectivity index (χ0v) is 11.5. The third kappa shape index (κ3) is 4.60. The molecule has 0 saturated carbocycles. The van der Waals surface area contributed by atoms with E-state index >= 15 is 0 Å². The van der Waals surface area contributed by atoms with Gasteiger partial charge in [-0.3, -0.25) is 5.32 Å². The summed E-state index contributed by atoms with van der Waals surface area (Å²) in [6, 6.07) is 0.979. The van der Waals surface area contributed by atoms with Gasteiger partial charge in [-0.1, -0.05) is 0 Å². The van der Waals surface area contributed by atoms with Gasteiger partial charge in [0.05, 0.1) is 18.4 Å². The molecule has 1 rings (SSSR count). The summed E-state index contributed by atoms with van der Waals surface area (Å²) >= 11 is 0. The number of anilines is 1. The van der Waals surface area contributed by atoms with Gasteiger partial charge in [-0.15, -0.1) is 0 Å². The van der Waals surface area contributed by atoms with Gasteiger partial charge in [0.1, 0.15) is 5.60 Å². The van der Waals surface area contributed by atoms with E-state index in [2.05, 4.69) is 4.98 Å². The van der Waals surface area contributed by atoms with Crippen molar-refractivity contribution in [3.63, 3.8) is 0 Å². The van der Waals surface area contributed by atoms with Crippen molar-refractivity contribution in [1.82, 2.24) is 4.98 Å². The molecule has 0 aliphatic carbocycles. The van der Waals surface area contributed by atoms with Gasteiger partial charge in [-0.05, 0) is 20.8 Å². The topological polar surface area (TPSA) is 60.5 Å². The summed E-state index contributed by atoms with van der Waals surface area (Å²) in [4.78, 5) is 15.0. The third-order valence-electron chi connectivity index (χ3n) is 2.03. The summed E-state index contributed by atoms with van der Waals surface area (Å²) in [5, 5.41) is 2.05. The fourth-order valence-corrected chi connectivity index (χ4v) is 1.29. The lowest BCUT2D eigenvalue weighted by Crippen LogP contribution is -2.28. The van der Waals surface area contributed by atoms with E-state index in [0.29, 0.717) is 6.20 Å². The maximum Gasteiger partial charge on any atom is 0.419 e. The minimum absolute atomic E-state index is 0.0518. The number of methoxy groups -OCH3 is 1. The van der Waals surface area contributed by atoms with Gasteiger partial charge >= 0.3 is 12.3 Å². The number of pyridine rings is 1. The number of hydrogen-bond acceptors (Lipinski definition) is 4. The molecule has 1 N–H and O–H groups in total. The maximum absolute atomic E-state index is 12.8. The van der Waals surface area contributed by atoms with Crippen molar-refractivity contribution in [1.29, 1.82) is 0 Å². The molecule has 0 aliphatic rings. The molecule has 0 bridgehead atoms. The van der Waals surface area contributed by atoms with Crippen LogP contribution < -0.4 is 10.1 Å². The first-order chi connectivity index (χ1) is 9.03. The van der Waals surface area contributed by atoms with Crippen molar-refractivity contribution in [2.45, 2.75) is 32.5 Å². The van der Waals surface area contributed by atoms with Crippen LogP contribution in [0.4, 0.5) is 23.7 Å². The van der Waals surface area contributed by atoms with Crippen molar-refractivity contribution >= 4 is 11.8 Å². The standard InChI is InChI=1S/C12H15F3N2O3/c1-11(2,3)20-10(18)17-8-5-9(19-4)16-6-7(8)12(13,14)15/h5-6H,1-4H3,(H,16,17,18). The van der Waals surface area contributed by atoms with Gasteiger partial charge in [0.2, 0.25) is 5.88 Å². The van der Waals surface area contributed by atoms with E-state index in [0.717, 1.165) is 6.07 Å². The van der Waals surface area contributed by atoms with Crippen LogP contribution in [0.1, 0.15) is 26.3 Å². The Morgan fingerprint density at radius 2 is 1.90 bits per heavy atom. The molecule has 1 amide bonds. The molecule has 5 nitrogen and oxygen atoms in total. The van der Waals surface area contributed by atoms with Crippen molar-refractivity contribution in [2.75, 3.05) is 12.4 Å². The molecule has 112 valence electrons. The van der Waals surface area contributed by atoms with E-state index in [1.165, 1.54) is 7.11 Å². The lowest BCUT2D eigenvalue weighted by molar-refractivity contribution is -0.137. The van der Waals surface area contributed by atoms with Crippen LogP contribution in [0.25, 0.3) is 0 Å². The molecule has 0 aromatic carbocycles. The fourth-order valence-electron chi connectivity index (χ4n) is 1.29. The highest BCUT2D eigenvalue weighted by atomic mass is 19.4. The number of hydrogen-bond donors (Lipinski definition) is 1. The minimum atomic E-state index is -4.65. The molecule has 0 fully saturated rings. The number of carbonyl (C=O) groups is 1. The first-order valence-electron chi connectivity index (χ1n) is 5.64. The molecule has 0 aliphatic heterocycles. The fraction of sp³-hybridized carbons (Fsp3) is 0.500. The predicted molar refractivity (Wildman–Crippen MR) is 65.6 cm³/mol. The van der Waals surface area contributed by atoms with Crippen LogP contribution >= 0.6 is 0 Å². The van der Waals surface area contributed by atoms with E-state index < -0.39 is 29.1 Å². The second-order valence-electron chi connectivity index (χ2n) is 4.90. The largest absolute Gasteiger partial charge is 0.481 e. The van der Waals surface area contributed by atoms with Gasteiger partial charge in [0.15, 0.2) is 0 Å². The van der Waals surface area contributed by atoms with E-state index in [9.17, 15) is 18.0 Å². The second-order valence-corrected chi connectivity index (χ2v) is 4.90. The molecule has 0 spiro atoms. The van der Waals surface area contributed by atoms with Crippen molar-refractivity contribution in [2.24, 2.45) is 0 Å². The molecule has 0 atom stereocenters. The Kier molecular flexibility index (Phi) is 4.46. The highest BCUT2D eigenvalue weighted by Gasteiger charge is 2.35. The highest BCUT2D eigenvalue weighted by molar-refractivity contribution is 5.86. The van der Waals surface area contributed by atoms with Gasteiger partial charge in [-0.25, -0.2) is 9.78 Å². The number of rotatable bonds is 2. The molecular weight excluding hydrogens is 277 g/mol. The number of halogens is 3. The molecule has 1 aromatic rings. The molecule has 1 aromatic heterocycles. The Morgan fingerprint density at radius 3 is 2.35 bits per heavy atom. The van der Waals surface area contributed by atoms with Crippen LogP contribution in [-0.2, 0) is 10.9 Å². The van der Waals surface area contributed by atoms with Gasteiger partial charge < -0.3 is 9.47 Å². The molecule has 0 radical (unpaired) electrons. The van der Waals surface area contributed by atoms with E-state index in [1.54, 1.807) is 20.8 Å². The van der Waals surface area contributed by atoms with Crippen LogP contribution in [0.2, 0.25) is 0 Å². The SMILES string of the molecule is COc1cc(NC(=O)OC(C)(C)C)c(C(F)(F)F)cn1. The summed E-state index contributed by atoms with van der Waals surface area (Å²) in [5.74, 6) is -0.0518. The minimum Gasteiger partial charge on any atom is -0.481 e. The highest BCUT2D eigenvalue weighted by Crippen LogP contribution is 2.35. The zero-order valence-electron chi connectivity index (χ0n) is 11.5. The predicted octanol–water partition coefficient (Wildman–Crippen LogP) is 3.46. The molecule has 0 saturated heterocycles. The van der Waals surface area contributed by atoms with Gasteiger partial charge in [0.25, 0.3) is 0 Å². The Morgan fingerprint density at radius 1 is 1.30 bits per heavy atom. The molecular formula is C12H15F3N2O3. The average molecular weight is 292 g/mol. The molecule has 20 heavy (non-hydrogen) atoms. The number of nitrogens with zero attached hydrogens (tertiary/aromatic N) is 1. The quantitative estimate of drug-likeness (QED) is 0.906. The average Bonchev–Trinajstić information content (AvgIpc) is 2.24. The molecule has 8 heteroatoms. The number of nitrogens with one attached hydrogen (secondary N) is 1. The van der Waals surface area contributed by atoms with Crippen molar-refractivity contribution in [3.8, 4) is 5.88 Å². The summed E-state index contributed by atoms with van der Waals surface area (Å²) in [6.45, 7) is 4.80. The van der Waals surface area contributed by atoms with E-state index in [4.69, 9.17) is 9.47 Å². The second kappa shape index (κ2) is 5.56. The number of amides is 1. The number of aromatic nitrogens is 1. The van der Waals surface area contributed by atoms with Crippen LogP contribution in [-0.4, -0.2) is 23.8 Å². The van der Waals surface area contributed by atoms with E-state index in [-0.39, 0.29) is 5.88 Å². The Hall–Kier alpha value is -1.99. The Bertz CT molecular complexity index is 496. The number of alkyl halides is 3. The smallest absolute Gasteiger partial charge is 0.419 e. The lowest BCUT2D eigenvalue weighted by atomic mass is 10.2. The maximum atomic E-state index is 12.8. The van der Waals surface area contributed by atoms with Crippen LogP contribution in [0, 0.1) is 0 Å². The number of carbonyl (C=O) groups excluding carboxylic acids is 1. The third-order valence-corrected chi connectivity index (χ3v) is 2.03. The van der Waals surface area contributed by atoms with Crippen LogP contribution in [0.3, 0.4) is 0 Å². The first-order valence-corrected chi connectivity index (χ1v) is 5.64. The summed E-state index contributed by atoms with van der Waals surface area (Å²) in [7, 11) is 1.26. The Labute approximate surface area is 114 Å². The normalized spacial score (nSPS) is 11.9. The number of ether oxygens (including phenoxy) is 2. The summed E-state index contributed by atoms with van der Waals surface area (Å²) in [6.07, 6.45) is -5.05. The first kappa shape index (κ1) is 16.1. The van der Waals surface area contributed by atoms with Gasteiger partial charge in [0, 0.05) is 12.3 Å². The zero-order chi connectivity index (χ0) is 15.6. The lowest BCUT2D eigenvalue weighted by Gasteiger charge is -2.21. The summed E-state index contributed by atoms with van der Waals surface area (Å²) < 4.78 is 48.0. The monoisotopic (exact) mass is 292 g/mol. The van der Waals surface area contributed by atoms with Crippen molar-refractivity contribution < 1.29 is 27.4 Å². The molecule has 0 unspecified atom stereocenters. The molecule has 1 heterocycles. The van der Waals surface area contributed by atoms with Gasteiger partial charge in [-0.2, -0.15) is 13.2 Å².